The van der Waals surface area contributed by atoms with Crippen molar-refractivity contribution in [2.45, 2.75) is 45.3 Å². The van der Waals surface area contributed by atoms with Crippen LogP contribution in [0.4, 0.5) is 0 Å². The molecular formula is C16H20N2O. The maximum atomic E-state index is 10.1. The molecule has 2 aromatic heterocycles. The molecule has 1 atom stereocenters. The van der Waals surface area contributed by atoms with Crippen LogP contribution in [0.5, 0.6) is 0 Å². The summed E-state index contributed by atoms with van der Waals surface area (Å²) in [7, 11) is 0. The van der Waals surface area contributed by atoms with E-state index in [2.05, 4.69) is 34.7 Å². The van der Waals surface area contributed by atoms with E-state index < -0.39 is 0 Å². The van der Waals surface area contributed by atoms with E-state index in [4.69, 9.17) is 0 Å². The van der Waals surface area contributed by atoms with Crippen molar-refractivity contribution in [3.63, 3.8) is 0 Å². The lowest BCUT2D eigenvalue weighted by atomic mass is 9.95. The fourth-order valence-corrected chi connectivity index (χ4v) is 3.04. The average molecular weight is 256 g/mol. The van der Waals surface area contributed by atoms with E-state index in [1.807, 2.05) is 12.4 Å². The van der Waals surface area contributed by atoms with Crippen LogP contribution in [0.1, 0.15) is 41.5 Å². The van der Waals surface area contributed by atoms with Gasteiger partial charge in [-0.1, -0.05) is 0 Å². The first kappa shape index (κ1) is 12.4. The number of rotatable bonds is 3. The van der Waals surface area contributed by atoms with Gasteiger partial charge in [-0.25, -0.2) is 0 Å². The molecule has 19 heavy (non-hydrogen) atoms. The first-order chi connectivity index (χ1) is 9.25. The minimum Gasteiger partial charge on any atom is -0.388 e. The molecule has 1 aliphatic rings. The molecule has 0 saturated carbocycles. The molecular weight excluding hydrogens is 236 g/mol. The molecule has 0 saturated heterocycles. The summed E-state index contributed by atoms with van der Waals surface area (Å²) in [5.41, 5.74) is 5.07. The first-order valence-corrected chi connectivity index (χ1v) is 7.01. The minimum absolute atomic E-state index is 0.260. The molecule has 2 aromatic rings. The minimum atomic E-state index is -0.260. The van der Waals surface area contributed by atoms with Crippen LogP contribution in [0, 0.1) is 6.92 Å². The largest absolute Gasteiger partial charge is 0.388 e. The summed E-state index contributed by atoms with van der Waals surface area (Å²) < 4.78 is 2.37. The second kappa shape index (κ2) is 5.17. The molecule has 0 radical (unpaired) electrons. The van der Waals surface area contributed by atoms with E-state index in [0.717, 1.165) is 37.8 Å². The Bertz CT molecular complexity index is 560. The number of nitrogens with zero attached hydrogens (tertiary/aromatic N) is 2. The predicted molar refractivity (Wildman–Crippen MR) is 75.0 cm³/mol. The maximum absolute atomic E-state index is 10.1. The van der Waals surface area contributed by atoms with E-state index in [-0.39, 0.29) is 6.10 Å². The molecule has 2 heterocycles. The Morgan fingerprint density at radius 1 is 1.37 bits per heavy atom. The molecule has 0 spiro atoms. The topological polar surface area (TPSA) is 38.0 Å². The number of aliphatic hydroxyl groups is 1. The van der Waals surface area contributed by atoms with Gasteiger partial charge >= 0.3 is 0 Å². The molecule has 3 rings (SSSR count). The lowest BCUT2D eigenvalue weighted by Gasteiger charge is -2.20. The standard InChI is InChI=1S/C16H20N2O/c1-12-11-14-15(3-2-4-16(14)19)18(12)10-7-13-5-8-17-9-6-13/h5-6,8-9,11,16,19H,2-4,7,10H2,1H3. The highest BCUT2D eigenvalue weighted by atomic mass is 16.3. The summed E-state index contributed by atoms with van der Waals surface area (Å²) in [5, 5.41) is 10.1. The van der Waals surface area contributed by atoms with Crippen molar-refractivity contribution in [3.05, 3.63) is 53.1 Å². The van der Waals surface area contributed by atoms with Crippen molar-refractivity contribution >= 4 is 0 Å². The van der Waals surface area contributed by atoms with Crippen LogP contribution in [0.25, 0.3) is 0 Å². The molecule has 100 valence electrons. The molecule has 0 fully saturated rings. The Morgan fingerprint density at radius 3 is 2.95 bits per heavy atom. The zero-order valence-corrected chi connectivity index (χ0v) is 11.3. The van der Waals surface area contributed by atoms with Crippen LogP contribution in [-0.4, -0.2) is 14.7 Å². The first-order valence-electron chi connectivity index (χ1n) is 7.01. The second-order valence-electron chi connectivity index (χ2n) is 5.35. The number of pyridine rings is 1. The zero-order valence-electron chi connectivity index (χ0n) is 11.3. The molecule has 3 nitrogen and oxygen atoms in total. The summed E-state index contributed by atoms with van der Waals surface area (Å²) in [6.07, 6.45) is 7.53. The van der Waals surface area contributed by atoms with Crippen molar-refractivity contribution in [1.29, 1.82) is 0 Å². The smallest absolute Gasteiger partial charge is 0.0807 e. The number of aliphatic hydroxyl groups excluding tert-OH is 1. The molecule has 0 amide bonds. The molecule has 1 N–H and O–H groups in total. The highest BCUT2D eigenvalue weighted by Crippen LogP contribution is 2.32. The Labute approximate surface area is 113 Å². The summed E-state index contributed by atoms with van der Waals surface area (Å²) in [6, 6.07) is 6.30. The number of aromatic nitrogens is 2. The number of aryl methyl sites for hydroxylation is 2. The van der Waals surface area contributed by atoms with Gasteiger partial charge < -0.3 is 9.67 Å². The van der Waals surface area contributed by atoms with E-state index in [1.54, 1.807) is 0 Å². The van der Waals surface area contributed by atoms with E-state index in [1.165, 1.54) is 17.0 Å². The Kier molecular flexibility index (Phi) is 3.38. The molecule has 3 heteroatoms. The van der Waals surface area contributed by atoms with Gasteiger partial charge in [0.05, 0.1) is 6.10 Å². The van der Waals surface area contributed by atoms with Crippen molar-refractivity contribution in [2.75, 3.05) is 0 Å². The van der Waals surface area contributed by atoms with Gasteiger partial charge in [0.15, 0.2) is 0 Å². The monoisotopic (exact) mass is 256 g/mol. The van der Waals surface area contributed by atoms with Gasteiger partial charge in [-0.05, 0) is 56.4 Å². The van der Waals surface area contributed by atoms with E-state index in [9.17, 15) is 5.11 Å². The molecule has 1 aliphatic carbocycles. The Balaban J connectivity index is 1.81. The number of hydrogen-bond donors (Lipinski definition) is 1. The summed E-state index contributed by atoms with van der Waals surface area (Å²) in [4.78, 5) is 4.05. The van der Waals surface area contributed by atoms with Crippen LogP contribution >= 0.6 is 0 Å². The van der Waals surface area contributed by atoms with Crippen LogP contribution in [0.2, 0.25) is 0 Å². The van der Waals surface area contributed by atoms with Gasteiger partial charge in [-0.15, -0.1) is 0 Å². The highest BCUT2D eigenvalue weighted by Gasteiger charge is 2.22. The Hall–Kier alpha value is -1.61. The fourth-order valence-electron chi connectivity index (χ4n) is 3.04. The molecule has 0 aliphatic heterocycles. The average Bonchev–Trinajstić information content (AvgIpc) is 2.75. The third-order valence-electron chi connectivity index (χ3n) is 4.07. The van der Waals surface area contributed by atoms with Crippen molar-refractivity contribution in [1.82, 2.24) is 9.55 Å². The second-order valence-corrected chi connectivity index (χ2v) is 5.35. The van der Waals surface area contributed by atoms with Gasteiger partial charge in [0.1, 0.15) is 0 Å². The highest BCUT2D eigenvalue weighted by molar-refractivity contribution is 5.32. The zero-order chi connectivity index (χ0) is 13.2. The van der Waals surface area contributed by atoms with E-state index in [0.29, 0.717) is 0 Å². The lowest BCUT2D eigenvalue weighted by molar-refractivity contribution is 0.155. The van der Waals surface area contributed by atoms with Crippen molar-refractivity contribution in [2.24, 2.45) is 0 Å². The molecule has 0 aromatic carbocycles. The van der Waals surface area contributed by atoms with Crippen LogP contribution in [0.3, 0.4) is 0 Å². The third kappa shape index (κ3) is 2.43. The fraction of sp³-hybridized carbons (Fsp3) is 0.438. The maximum Gasteiger partial charge on any atom is 0.0807 e. The summed E-state index contributed by atoms with van der Waals surface area (Å²) in [6.45, 7) is 3.12. The van der Waals surface area contributed by atoms with Crippen molar-refractivity contribution < 1.29 is 5.11 Å². The van der Waals surface area contributed by atoms with Gasteiger partial charge in [-0.2, -0.15) is 0 Å². The van der Waals surface area contributed by atoms with Gasteiger partial charge in [0.2, 0.25) is 0 Å². The van der Waals surface area contributed by atoms with Gasteiger partial charge in [-0.3, -0.25) is 4.98 Å². The summed E-state index contributed by atoms with van der Waals surface area (Å²) in [5.74, 6) is 0. The van der Waals surface area contributed by atoms with E-state index >= 15 is 0 Å². The lowest BCUT2D eigenvalue weighted by Crippen LogP contribution is -2.13. The third-order valence-corrected chi connectivity index (χ3v) is 4.07. The quantitative estimate of drug-likeness (QED) is 0.917. The SMILES string of the molecule is Cc1cc2c(n1CCc1ccncc1)CCCC2O. The summed E-state index contributed by atoms with van der Waals surface area (Å²) >= 11 is 0. The van der Waals surface area contributed by atoms with Crippen LogP contribution in [0.15, 0.2) is 30.6 Å². The number of fused-ring (bicyclic) bond motifs is 1. The Morgan fingerprint density at radius 2 is 2.16 bits per heavy atom. The molecule has 1 unspecified atom stereocenters. The predicted octanol–water partition coefficient (Wildman–Crippen LogP) is 2.80. The normalized spacial score (nSPS) is 18.3. The van der Waals surface area contributed by atoms with Gasteiger partial charge in [0.25, 0.3) is 0 Å². The molecule has 0 bridgehead atoms. The van der Waals surface area contributed by atoms with Gasteiger partial charge in [0, 0.05) is 35.9 Å². The van der Waals surface area contributed by atoms with Crippen LogP contribution in [-0.2, 0) is 19.4 Å². The van der Waals surface area contributed by atoms with Crippen molar-refractivity contribution in [3.8, 4) is 0 Å². The van der Waals surface area contributed by atoms with Crippen LogP contribution < -0.4 is 0 Å². The number of hydrogen-bond acceptors (Lipinski definition) is 2.